The van der Waals surface area contributed by atoms with Crippen LogP contribution in [0.1, 0.15) is 10.4 Å². The van der Waals surface area contributed by atoms with Crippen molar-refractivity contribution in [2.24, 2.45) is 5.73 Å². The molecule has 2 aromatic heterocycles. The molecule has 0 unspecified atom stereocenters. The standard InChI is InChI=1S/C7H6N4O2/c8-6(12)4-1-5-3-11(13)10-7(5)9-2-4/h1-3,13H,(H2,8,12). The normalized spacial score (nSPS) is 10.5. The number of pyridine rings is 1. The van der Waals surface area contributed by atoms with Crippen molar-refractivity contribution in [2.75, 3.05) is 0 Å². The van der Waals surface area contributed by atoms with Crippen LogP contribution in [0.2, 0.25) is 0 Å². The van der Waals surface area contributed by atoms with Crippen LogP contribution in [0.25, 0.3) is 11.0 Å². The number of nitrogens with zero attached hydrogens (tertiary/aromatic N) is 3. The Morgan fingerprint density at radius 3 is 3.08 bits per heavy atom. The van der Waals surface area contributed by atoms with Crippen molar-refractivity contribution in [2.45, 2.75) is 0 Å². The van der Waals surface area contributed by atoms with Gasteiger partial charge in [0.2, 0.25) is 5.91 Å². The number of rotatable bonds is 1. The molecule has 0 aliphatic carbocycles. The number of aromatic nitrogens is 3. The maximum atomic E-state index is 10.7. The Balaban J connectivity index is 2.67. The van der Waals surface area contributed by atoms with Crippen LogP contribution >= 0.6 is 0 Å². The molecule has 0 saturated carbocycles. The summed E-state index contributed by atoms with van der Waals surface area (Å²) in [6.07, 6.45) is 2.66. The van der Waals surface area contributed by atoms with E-state index in [2.05, 4.69) is 10.1 Å². The number of primary amides is 1. The Bertz CT molecular complexity index is 476. The van der Waals surface area contributed by atoms with E-state index in [1.807, 2.05) is 0 Å². The Morgan fingerprint density at radius 2 is 2.38 bits per heavy atom. The highest BCUT2D eigenvalue weighted by molar-refractivity contribution is 5.95. The van der Waals surface area contributed by atoms with Crippen molar-refractivity contribution in [3.8, 4) is 0 Å². The zero-order valence-corrected chi connectivity index (χ0v) is 6.51. The van der Waals surface area contributed by atoms with Gasteiger partial charge in [-0.2, -0.15) is 0 Å². The molecule has 0 radical (unpaired) electrons. The Kier molecular flexibility index (Phi) is 1.42. The van der Waals surface area contributed by atoms with Crippen LogP contribution < -0.4 is 5.73 Å². The van der Waals surface area contributed by atoms with Gasteiger partial charge in [0, 0.05) is 11.6 Å². The van der Waals surface area contributed by atoms with Crippen LogP contribution in [0.3, 0.4) is 0 Å². The van der Waals surface area contributed by atoms with Crippen LogP contribution in [0, 0.1) is 0 Å². The maximum absolute atomic E-state index is 10.7. The largest absolute Gasteiger partial charge is 0.412 e. The van der Waals surface area contributed by atoms with Gasteiger partial charge >= 0.3 is 0 Å². The van der Waals surface area contributed by atoms with Gasteiger partial charge in [0.15, 0.2) is 5.65 Å². The molecule has 2 rings (SSSR count). The topological polar surface area (TPSA) is 94.0 Å². The second kappa shape index (κ2) is 2.44. The molecule has 2 aromatic rings. The number of carbonyl (C=O) groups excluding carboxylic acids is 1. The monoisotopic (exact) mass is 178 g/mol. The fourth-order valence-electron chi connectivity index (χ4n) is 1.04. The zero-order chi connectivity index (χ0) is 9.42. The Morgan fingerprint density at radius 1 is 1.62 bits per heavy atom. The molecular formula is C7H6N4O2. The minimum Gasteiger partial charge on any atom is -0.412 e. The van der Waals surface area contributed by atoms with Crippen molar-refractivity contribution in [1.29, 1.82) is 0 Å². The summed E-state index contributed by atoms with van der Waals surface area (Å²) in [6, 6.07) is 1.52. The highest BCUT2D eigenvalue weighted by Gasteiger charge is 2.05. The van der Waals surface area contributed by atoms with Crippen LogP contribution in [-0.2, 0) is 0 Å². The van der Waals surface area contributed by atoms with E-state index in [0.717, 1.165) is 0 Å². The third-order valence-corrected chi connectivity index (χ3v) is 1.63. The predicted octanol–water partition coefficient (Wildman–Crippen LogP) is -0.233. The van der Waals surface area contributed by atoms with E-state index in [-0.39, 0.29) is 0 Å². The minimum atomic E-state index is -0.555. The first-order valence-electron chi connectivity index (χ1n) is 3.51. The summed E-state index contributed by atoms with van der Waals surface area (Å²) >= 11 is 0. The summed E-state index contributed by atoms with van der Waals surface area (Å²) in [5.74, 6) is -0.555. The van der Waals surface area contributed by atoms with Crippen LogP contribution in [0.4, 0.5) is 0 Å². The molecule has 6 heteroatoms. The van der Waals surface area contributed by atoms with Crippen LogP contribution in [0.5, 0.6) is 0 Å². The van der Waals surface area contributed by atoms with Crippen molar-refractivity contribution < 1.29 is 10.0 Å². The quantitative estimate of drug-likeness (QED) is 0.589. The lowest BCUT2D eigenvalue weighted by atomic mass is 10.2. The molecule has 13 heavy (non-hydrogen) atoms. The van der Waals surface area contributed by atoms with E-state index in [9.17, 15) is 4.79 Å². The molecule has 0 aliphatic heterocycles. The van der Waals surface area contributed by atoms with Crippen LogP contribution in [0.15, 0.2) is 18.5 Å². The molecule has 0 bridgehead atoms. The summed E-state index contributed by atoms with van der Waals surface area (Å²) in [4.78, 5) is 15.2. The number of carbonyl (C=O) groups is 1. The fraction of sp³-hybridized carbons (Fsp3) is 0. The zero-order valence-electron chi connectivity index (χ0n) is 6.51. The summed E-state index contributed by atoms with van der Waals surface area (Å²) in [6.45, 7) is 0. The van der Waals surface area contributed by atoms with E-state index in [4.69, 9.17) is 10.9 Å². The van der Waals surface area contributed by atoms with E-state index in [1.54, 1.807) is 0 Å². The van der Waals surface area contributed by atoms with Gasteiger partial charge in [-0.25, -0.2) is 4.98 Å². The highest BCUT2D eigenvalue weighted by Crippen LogP contribution is 2.10. The minimum absolute atomic E-state index is 0.292. The van der Waals surface area contributed by atoms with Gasteiger partial charge in [0.05, 0.1) is 11.8 Å². The first kappa shape index (κ1) is 7.53. The van der Waals surface area contributed by atoms with Gasteiger partial charge < -0.3 is 10.9 Å². The van der Waals surface area contributed by atoms with Crippen molar-refractivity contribution in [1.82, 2.24) is 14.9 Å². The summed E-state index contributed by atoms with van der Waals surface area (Å²) in [5, 5.41) is 13.1. The molecule has 66 valence electrons. The average Bonchev–Trinajstić information content (AvgIpc) is 2.42. The second-order valence-corrected chi connectivity index (χ2v) is 2.55. The molecule has 2 heterocycles. The molecular weight excluding hydrogens is 172 g/mol. The lowest BCUT2D eigenvalue weighted by Gasteiger charge is -1.91. The van der Waals surface area contributed by atoms with E-state index < -0.39 is 5.91 Å². The molecule has 0 aromatic carbocycles. The van der Waals surface area contributed by atoms with Gasteiger partial charge in [-0.1, -0.05) is 0 Å². The van der Waals surface area contributed by atoms with Gasteiger partial charge in [-0.05, 0) is 6.07 Å². The molecule has 0 saturated heterocycles. The molecule has 0 atom stereocenters. The van der Waals surface area contributed by atoms with Crippen LogP contribution in [-0.4, -0.2) is 26.0 Å². The third kappa shape index (κ3) is 1.18. The summed E-state index contributed by atoms with van der Waals surface area (Å²) in [5.41, 5.74) is 5.70. The van der Waals surface area contributed by atoms with E-state index in [0.29, 0.717) is 21.4 Å². The van der Waals surface area contributed by atoms with Gasteiger partial charge in [-0.3, -0.25) is 4.79 Å². The Hall–Kier alpha value is -2.11. The van der Waals surface area contributed by atoms with Gasteiger partial charge in [-0.15, -0.1) is 9.94 Å². The first-order valence-corrected chi connectivity index (χ1v) is 3.51. The number of hydrogen-bond acceptors (Lipinski definition) is 4. The third-order valence-electron chi connectivity index (χ3n) is 1.63. The number of amides is 1. The van der Waals surface area contributed by atoms with E-state index in [1.165, 1.54) is 18.5 Å². The maximum Gasteiger partial charge on any atom is 0.250 e. The number of fused-ring (bicyclic) bond motifs is 1. The smallest absolute Gasteiger partial charge is 0.250 e. The van der Waals surface area contributed by atoms with Crippen molar-refractivity contribution >= 4 is 16.9 Å². The molecule has 0 spiro atoms. The fourth-order valence-corrected chi connectivity index (χ4v) is 1.04. The Labute approximate surface area is 72.6 Å². The predicted molar refractivity (Wildman–Crippen MR) is 43.2 cm³/mol. The number of nitrogens with two attached hydrogens (primary N) is 1. The SMILES string of the molecule is NC(=O)c1cnc2nn(O)cc2c1. The van der Waals surface area contributed by atoms with Crippen molar-refractivity contribution in [3.05, 3.63) is 24.0 Å². The number of hydrogen-bond donors (Lipinski definition) is 2. The first-order chi connectivity index (χ1) is 6.16. The molecule has 3 N–H and O–H groups in total. The highest BCUT2D eigenvalue weighted by atomic mass is 16.5. The molecule has 0 aliphatic rings. The molecule has 0 fully saturated rings. The summed E-state index contributed by atoms with van der Waals surface area (Å²) < 4.78 is 0. The lowest BCUT2D eigenvalue weighted by Crippen LogP contribution is -2.10. The second-order valence-electron chi connectivity index (χ2n) is 2.55. The lowest BCUT2D eigenvalue weighted by molar-refractivity contribution is 0.1000. The van der Waals surface area contributed by atoms with Gasteiger partial charge in [0.1, 0.15) is 0 Å². The van der Waals surface area contributed by atoms with Gasteiger partial charge in [0.25, 0.3) is 0 Å². The average molecular weight is 178 g/mol. The molecule has 1 amide bonds. The summed E-state index contributed by atoms with van der Waals surface area (Å²) in [7, 11) is 0. The van der Waals surface area contributed by atoms with E-state index >= 15 is 0 Å². The molecule has 6 nitrogen and oxygen atoms in total. The van der Waals surface area contributed by atoms with Crippen molar-refractivity contribution in [3.63, 3.8) is 0 Å².